The third-order valence-corrected chi connectivity index (χ3v) is 3.64. The Balaban J connectivity index is 1.45. The van der Waals surface area contributed by atoms with Crippen LogP contribution >= 0.6 is 0 Å². The molecule has 0 atom stereocenters. The van der Waals surface area contributed by atoms with E-state index in [0.717, 1.165) is 23.0 Å². The second kappa shape index (κ2) is 6.96. The predicted molar refractivity (Wildman–Crippen MR) is 89.4 cm³/mol. The van der Waals surface area contributed by atoms with Gasteiger partial charge in [0, 0.05) is 13.6 Å². The number of hydrogen-bond acceptors (Lipinski definition) is 3. The zero-order chi connectivity index (χ0) is 16.1. The molecule has 0 radical (unpaired) electrons. The number of carbonyl (C=O) groups is 1. The molecule has 3 rings (SSSR count). The number of para-hydroxylation sites is 1. The zero-order valence-electron chi connectivity index (χ0n) is 13.0. The van der Waals surface area contributed by atoms with Gasteiger partial charge < -0.3 is 14.6 Å². The Bertz CT molecular complexity index is 796. The zero-order valence-corrected chi connectivity index (χ0v) is 13.0. The molecule has 1 heterocycles. The molecule has 0 saturated heterocycles. The molecule has 1 aromatic heterocycles. The van der Waals surface area contributed by atoms with Gasteiger partial charge in [0.05, 0.1) is 17.4 Å². The Morgan fingerprint density at radius 2 is 2.04 bits per heavy atom. The van der Waals surface area contributed by atoms with Crippen molar-refractivity contribution in [2.24, 2.45) is 7.05 Å². The van der Waals surface area contributed by atoms with Crippen LogP contribution in [0.3, 0.4) is 0 Å². The van der Waals surface area contributed by atoms with Gasteiger partial charge in [0.2, 0.25) is 0 Å². The minimum Gasteiger partial charge on any atom is -0.484 e. The number of nitrogens with zero attached hydrogens (tertiary/aromatic N) is 2. The van der Waals surface area contributed by atoms with Crippen LogP contribution in [0.5, 0.6) is 5.75 Å². The molecule has 1 amide bonds. The average Bonchev–Trinajstić information content (AvgIpc) is 2.95. The largest absolute Gasteiger partial charge is 0.484 e. The topological polar surface area (TPSA) is 56.2 Å². The summed E-state index contributed by atoms with van der Waals surface area (Å²) < 4.78 is 7.39. The molecule has 0 fully saturated rings. The van der Waals surface area contributed by atoms with Gasteiger partial charge in [-0.1, -0.05) is 24.3 Å². The molecule has 0 aliphatic carbocycles. The van der Waals surface area contributed by atoms with Crippen LogP contribution in [-0.4, -0.2) is 28.6 Å². The first-order valence-electron chi connectivity index (χ1n) is 7.57. The molecular formula is C18H19N3O2. The summed E-state index contributed by atoms with van der Waals surface area (Å²) in [7, 11) is 1.97. The van der Waals surface area contributed by atoms with Gasteiger partial charge in [0.25, 0.3) is 5.91 Å². The standard InChI is InChI=1S/C18H19N3O2/c1-21-13-20-16-11-14(7-8-17(16)21)9-10-19-18(22)12-23-15-5-3-2-4-6-15/h2-8,11,13H,9-10,12H2,1H3,(H,19,22). The third-order valence-electron chi connectivity index (χ3n) is 3.64. The lowest BCUT2D eigenvalue weighted by Gasteiger charge is -2.07. The summed E-state index contributed by atoms with van der Waals surface area (Å²) in [4.78, 5) is 16.1. The van der Waals surface area contributed by atoms with Crippen molar-refractivity contribution in [2.45, 2.75) is 6.42 Å². The summed E-state index contributed by atoms with van der Waals surface area (Å²) in [6.45, 7) is 0.610. The normalized spacial score (nSPS) is 10.7. The van der Waals surface area contributed by atoms with Gasteiger partial charge in [0.15, 0.2) is 6.61 Å². The summed E-state index contributed by atoms with van der Waals surface area (Å²) >= 11 is 0. The van der Waals surface area contributed by atoms with Gasteiger partial charge in [-0.05, 0) is 36.2 Å². The molecule has 0 aliphatic rings. The van der Waals surface area contributed by atoms with E-state index in [1.807, 2.05) is 41.9 Å². The van der Waals surface area contributed by atoms with Crippen LogP contribution in [0.25, 0.3) is 11.0 Å². The first-order chi connectivity index (χ1) is 11.2. The monoisotopic (exact) mass is 309 g/mol. The number of aryl methyl sites for hydroxylation is 1. The minimum absolute atomic E-state index is 0.0310. The highest BCUT2D eigenvalue weighted by atomic mass is 16.5. The molecule has 0 bridgehead atoms. The lowest BCUT2D eigenvalue weighted by molar-refractivity contribution is -0.123. The van der Waals surface area contributed by atoms with Crippen molar-refractivity contribution in [1.82, 2.24) is 14.9 Å². The molecule has 2 aromatic carbocycles. The third kappa shape index (κ3) is 3.88. The Morgan fingerprint density at radius 3 is 2.87 bits per heavy atom. The molecule has 0 aliphatic heterocycles. The van der Waals surface area contributed by atoms with Crippen molar-refractivity contribution in [3.63, 3.8) is 0 Å². The van der Waals surface area contributed by atoms with Crippen molar-refractivity contribution >= 4 is 16.9 Å². The molecule has 23 heavy (non-hydrogen) atoms. The molecule has 1 N–H and O–H groups in total. The van der Waals surface area contributed by atoms with E-state index in [-0.39, 0.29) is 12.5 Å². The highest BCUT2D eigenvalue weighted by Gasteiger charge is 2.04. The first kappa shape index (κ1) is 15.1. The molecule has 3 aromatic rings. The number of hydrogen-bond donors (Lipinski definition) is 1. The fourth-order valence-corrected chi connectivity index (χ4v) is 2.40. The summed E-state index contributed by atoms with van der Waals surface area (Å²) in [6.07, 6.45) is 2.57. The van der Waals surface area contributed by atoms with Gasteiger partial charge >= 0.3 is 0 Å². The van der Waals surface area contributed by atoms with Gasteiger partial charge in [0.1, 0.15) is 5.75 Å². The average molecular weight is 309 g/mol. The fraction of sp³-hybridized carbons (Fsp3) is 0.222. The summed E-state index contributed by atoms with van der Waals surface area (Å²) in [6, 6.07) is 15.5. The maximum atomic E-state index is 11.8. The van der Waals surface area contributed by atoms with E-state index in [2.05, 4.69) is 28.5 Å². The second-order valence-electron chi connectivity index (χ2n) is 5.38. The molecule has 0 saturated carbocycles. The van der Waals surface area contributed by atoms with Gasteiger partial charge in [-0.15, -0.1) is 0 Å². The van der Waals surface area contributed by atoms with Crippen LogP contribution in [0.1, 0.15) is 5.56 Å². The lowest BCUT2D eigenvalue weighted by atomic mass is 10.1. The number of ether oxygens (including phenoxy) is 1. The second-order valence-corrected chi connectivity index (χ2v) is 5.38. The number of nitrogens with one attached hydrogen (secondary N) is 1. The number of carbonyl (C=O) groups excluding carboxylic acids is 1. The Morgan fingerprint density at radius 1 is 1.22 bits per heavy atom. The van der Waals surface area contributed by atoms with Crippen molar-refractivity contribution in [3.8, 4) is 5.75 Å². The molecule has 0 unspecified atom stereocenters. The molecule has 0 spiro atoms. The van der Waals surface area contributed by atoms with Crippen LogP contribution in [0.2, 0.25) is 0 Å². The van der Waals surface area contributed by atoms with Crippen LogP contribution in [0, 0.1) is 0 Å². The van der Waals surface area contributed by atoms with E-state index in [0.29, 0.717) is 12.3 Å². The Labute approximate surface area is 134 Å². The van der Waals surface area contributed by atoms with E-state index in [9.17, 15) is 4.79 Å². The maximum Gasteiger partial charge on any atom is 0.257 e. The maximum absolute atomic E-state index is 11.8. The van der Waals surface area contributed by atoms with Gasteiger partial charge in [-0.25, -0.2) is 4.98 Å². The van der Waals surface area contributed by atoms with E-state index in [1.165, 1.54) is 0 Å². The predicted octanol–water partition coefficient (Wildman–Crippen LogP) is 2.31. The van der Waals surface area contributed by atoms with Crippen molar-refractivity contribution in [3.05, 3.63) is 60.4 Å². The number of rotatable bonds is 6. The summed E-state index contributed by atoms with van der Waals surface area (Å²) in [5.74, 6) is 0.580. The van der Waals surface area contributed by atoms with Crippen molar-refractivity contribution in [1.29, 1.82) is 0 Å². The van der Waals surface area contributed by atoms with Crippen LogP contribution in [-0.2, 0) is 18.3 Å². The summed E-state index contributed by atoms with van der Waals surface area (Å²) in [5.41, 5.74) is 3.23. The minimum atomic E-state index is -0.118. The first-order valence-corrected chi connectivity index (χ1v) is 7.57. The van der Waals surface area contributed by atoms with E-state index >= 15 is 0 Å². The van der Waals surface area contributed by atoms with E-state index in [4.69, 9.17) is 4.74 Å². The van der Waals surface area contributed by atoms with Crippen LogP contribution in [0.4, 0.5) is 0 Å². The molecule has 118 valence electrons. The molecule has 5 nitrogen and oxygen atoms in total. The Kier molecular flexibility index (Phi) is 4.57. The quantitative estimate of drug-likeness (QED) is 0.760. The van der Waals surface area contributed by atoms with Gasteiger partial charge in [-0.3, -0.25) is 4.79 Å². The van der Waals surface area contributed by atoms with Crippen molar-refractivity contribution < 1.29 is 9.53 Å². The Hall–Kier alpha value is -2.82. The highest BCUT2D eigenvalue weighted by Crippen LogP contribution is 2.14. The van der Waals surface area contributed by atoms with Gasteiger partial charge in [-0.2, -0.15) is 0 Å². The van der Waals surface area contributed by atoms with Crippen LogP contribution in [0.15, 0.2) is 54.9 Å². The number of fused-ring (bicyclic) bond motifs is 1. The summed E-state index contributed by atoms with van der Waals surface area (Å²) in [5, 5.41) is 2.87. The SMILES string of the molecule is Cn1cnc2cc(CCNC(=O)COc3ccccc3)ccc21. The van der Waals surface area contributed by atoms with Crippen molar-refractivity contribution in [2.75, 3.05) is 13.2 Å². The molecule has 5 heteroatoms. The highest BCUT2D eigenvalue weighted by molar-refractivity contribution is 5.78. The number of amides is 1. The number of imidazole rings is 1. The molecular weight excluding hydrogens is 290 g/mol. The number of aromatic nitrogens is 2. The van der Waals surface area contributed by atoms with E-state index < -0.39 is 0 Å². The van der Waals surface area contributed by atoms with Crippen LogP contribution < -0.4 is 10.1 Å². The smallest absolute Gasteiger partial charge is 0.257 e. The van der Waals surface area contributed by atoms with E-state index in [1.54, 1.807) is 6.33 Å². The number of benzene rings is 2. The fourth-order valence-electron chi connectivity index (χ4n) is 2.40. The lowest BCUT2D eigenvalue weighted by Crippen LogP contribution is -2.30.